The molecule has 0 atom stereocenters. The van der Waals surface area contributed by atoms with Gasteiger partial charge in [-0.15, -0.1) is 0 Å². The van der Waals surface area contributed by atoms with Gasteiger partial charge in [-0.2, -0.15) is 0 Å². The van der Waals surface area contributed by atoms with Crippen LogP contribution < -0.4 is 4.74 Å². The summed E-state index contributed by atoms with van der Waals surface area (Å²) in [4.78, 5) is 8.83. The van der Waals surface area contributed by atoms with E-state index in [0.29, 0.717) is 65.3 Å². The molecular weight excluding hydrogens is 474 g/mol. The van der Waals surface area contributed by atoms with Crippen molar-refractivity contribution in [2.24, 2.45) is 7.05 Å². The van der Waals surface area contributed by atoms with E-state index in [1.54, 1.807) is 0 Å². The number of aliphatic hydroxyl groups excluding tert-OH is 1. The second kappa shape index (κ2) is 14.0. The summed E-state index contributed by atoms with van der Waals surface area (Å²) in [6.07, 6.45) is 5.59. The molecule has 9 nitrogen and oxygen atoms in total. The molecule has 0 bridgehead atoms. The highest BCUT2D eigenvalue weighted by molar-refractivity contribution is 6.08. The van der Waals surface area contributed by atoms with Gasteiger partial charge in [-0.3, -0.25) is 4.98 Å². The normalized spacial score (nSPS) is 11.5. The summed E-state index contributed by atoms with van der Waals surface area (Å²) >= 11 is 0. The van der Waals surface area contributed by atoms with Gasteiger partial charge in [-0.25, -0.2) is 4.98 Å². The summed E-state index contributed by atoms with van der Waals surface area (Å²) in [6.45, 7) is 6.18. The number of aliphatic hydroxyl groups is 1. The third-order valence-corrected chi connectivity index (χ3v) is 5.99. The molecule has 4 rings (SSSR count). The van der Waals surface area contributed by atoms with Crippen LogP contribution in [0, 0.1) is 6.92 Å². The van der Waals surface area contributed by atoms with Gasteiger partial charge in [0.15, 0.2) is 0 Å². The molecule has 0 spiro atoms. The van der Waals surface area contributed by atoms with Crippen LogP contribution in [0.5, 0.6) is 5.88 Å². The van der Waals surface area contributed by atoms with Gasteiger partial charge in [-0.05, 0) is 30.7 Å². The smallest absolute Gasteiger partial charge is 0.216 e. The number of rotatable bonds is 16. The lowest BCUT2D eigenvalue weighted by Gasteiger charge is -2.11. The molecule has 3 heterocycles. The van der Waals surface area contributed by atoms with E-state index in [0.717, 1.165) is 27.6 Å². The zero-order chi connectivity index (χ0) is 25.9. The van der Waals surface area contributed by atoms with Crippen molar-refractivity contribution in [2.45, 2.75) is 6.92 Å². The molecule has 0 amide bonds. The van der Waals surface area contributed by atoms with Crippen LogP contribution in [0.1, 0.15) is 5.56 Å². The second-order valence-electron chi connectivity index (χ2n) is 8.55. The summed E-state index contributed by atoms with van der Waals surface area (Å²) in [5, 5.41) is 11.0. The maximum absolute atomic E-state index is 8.60. The third-order valence-electron chi connectivity index (χ3n) is 5.99. The van der Waals surface area contributed by atoms with Gasteiger partial charge >= 0.3 is 0 Å². The molecule has 198 valence electrons. The Balaban J connectivity index is 1.17. The van der Waals surface area contributed by atoms with E-state index in [-0.39, 0.29) is 6.61 Å². The summed E-state index contributed by atoms with van der Waals surface area (Å²) in [5.41, 5.74) is 5.46. The third kappa shape index (κ3) is 7.24. The van der Waals surface area contributed by atoms with Gasteiger partial charge in [0.1, 0.15) is 6.61 Å². The van der Waals surface area contributed by atoms with Crippen LogP contribution in [-0.2, 0) is 26.0 Å². The number of fused-ring (bicyclic) bond motifs is 3. The lowest BCUT2D eigenvalue weighted by atomic mass is 10.0. The fourth-order valence-electron chi connectivity index (χ4n) is 4.13. The van der Waals surface area contributed by atoms with Gasteiger partial charge in [0.25, 0.3) is 0 Å². The standard InChI is InChI=1S/C28H35N3O6/c1-21-17-23(22-3-4-24-25-20-29-6-5-26(25)31(2)27(24)18-22)19-30-28(21)37-16-15-36-14-13-35-12-11-34-10-9-33-8-7-32/h3-6,17-20,32H,7-16H2,1-2H3. The first-order valence-electron chi connectivity index (χ1n) is 12.5. The maximum atomic E-state index is 8.60. The van der Waals surface area contributed by atoms with Crippen LogP contribution in [0.2, 0.25) is 0 Å². The van der Waals surface area contributed by atoms with Crippen molar-refractivity contribution < 1.29 is 28.8 Å². The Morgan fingerprint density at radius 3 is 2.08 bits per heavy atom. The minimum atomic E-state index is 0.0269. The number of aromatic nitrogens is 3. The zero-order valence-electron chi connectivity index (χ0n) is 21.5. The number of ether oxygens (including phenoxy) is 5. The Morgan fingerprint density at radius 1 is 0.730 bits per heavy atom. The van der Waals surface area contributed by atoms with Gasteiger partial charge in [-0.1, -0.05) is 12.1 Å². The first-order valence-corrected chi connectivity index (χ1v) is 12.5. The van der Waals surface area contributed by atoms with Crippen LogP contribution in [0.15, 0.2) is 48.9 Å². The number of pyridine rings is 2. The Hall–Kier alpha value is -3.08. The highest BCUT2D eigenvalue weighted by atomic mass is 16.6. The highest BCUT2D eigenvalue weighted by Crippen LogP contribution is 2.32. The number of benzene rings is 1. The van der Waals surface area contributed by atoms with E-state index in [1.807, 2.05) is 31.6 Å². The molecule has 0 aliphatic rings. The van der Waals surface area contributed by atoms with E-state index in [2.05, 4.69) is 45.8 Å². The minimum absolute atomic E-state index is 0.0269. The molecule has 0 unspecified atom stereocenters. The van der Waals surface area contributed by atoms with E-state index in [4.69, 9.17) is 28.8 Å². The molecule has 0 saturated heterocycles. The molecule has 0 radical (unpaired) electrons. The molecular formula is C28H35N3O6. The topological polar surface area (TPSA) is 97.1 Å². The second-order valence-corrected chi connectivity index (χ2v) is 8.55. The number of hydrogen-bond acceptors (Lipinski definition) is 8. The monoisotopic (exact) mass is 509 g/mol. The van der Waals surface area contributed by atoms with Gasteiger partial charge in [0.05, 0.1) is 65.0 Å². The number of hydrogen-bond donors (Lipinski definition) is 1. The zero-order valence-corrected chi connectivity index (χ0v) is 21.5. The molecule has 0 fully saturated rings. The van der Waals surface area contributed by atoms with Crippen molar-refractivity contribution >= 4 is 21.8 Å². The highest BCUT2D eigenvalue weighted by Gasteiger charge is 2.11. The van der Waals surface area contributed by atoms with E-state index in [9.17, 15) is 0 Å². The SMILES string of the molecule is Cc1cc(-c2ccc3c4cnccc4n(C)c3c2)cnc1OCCOCCOCCOCCOCCO. The van der Waals surface area contributed by atoms with Crippen molar-refractivity contribution in [2.75, 3.05) is 66.1 Å². The lowest BCUT2D eigenvalue weighted by Crippen LogP contribution is -2.14. The Morgan fingerprint density at radius 2 is 1.41 bits per heavy atom. The fourth-order valence-corrected chi connectivity index (χ4v) is 4.13. The maximum Gasteiger partial charge on any atom is 0.216 e. The minimum Gasteiger partial charge on any atom is -0.475 e. The van der Waals surface area contributed by atoms with E-state index < -0.39 is 0 Å². The average Bonchev–Trinajstić information content (AvgIpc) is 3.21. The summed E-state index contributed by atoms with van der Waals surface area (Å²) in [6, 6.07) is 10.6. The van der Waals surface area contributed by atoms with Crippen LogP contribution in [0.25, 0.3) is 32.9 Å². The molecule has 0 aliphatic carbocycles. The van der Waals surface area contributed by atoms with Crippen LogP contribution in [0.4, 0.5) is 0 Å². The van der Waals surface area contributed by atoms with Crippen LogP contribution in [-0.4, -0.2) is 85.7 Å². The van der Waals surface area contributed by atoms with Crippen LogP contribution >= 0.6 is 0 Å². The summed E-state index contributed by atoms with van der Waals surface area (Å²) < 4.78 is 29.5. The molecule has 1 aromatic carbocycles. The first-order chi connectivity index (χ1) is 18.2. The summed E-state index contributed by atoms with van der Waals surface area (Å²) in [7, 11) is 2.08. The predicted octanol–water partition coefficient (Wildman–Crippen LogP) is 3.53. The molecule has 37 heavy (non-hydrogen) atoms. The van der Waals surface area contributed by atoms with Gasteiger partial charge in [0.2, 0.25) is 5.88 Å². The first kappa shape index (κ1) is 27.0. The Labute approximate surface area is 216 Å². The Kier molecular flexibility index (Phi) is 10.2. The van der Waals surface area contributed by atoms with E-state index >= 15 is 0 Å². The Bertz CT molecular complexity index is 1280. The average molecular weight is 510 g/mol. The van der Waals surface area contributed by atoms with Crippen molar-refractivity contribution in [1.29, 1.82) is 0 Å². The van der Waals surface area contributed by atoms with E-state index in [1.165, 1.54) is 10.9 Å². The molecule has 1 N–H and O–H groups in total. The van der Waals surface area contributed by atoms with Crippen molar-refractivity contribution in [3.8, 4) is 17.0 Å². The quantitative estimate of drug-likeness (QED) is 0.229. The fraction of sp³-hybridized carbons (Fsp3) is 0.429. The molecule has 4 aromatic rings. The predicted molar refractivity (Wildman–Crippen MR) is 142 cm³/mol. The number of nitrogens with zero attached hydrogens (tertiary/aromatic N) is 3. The van der Waals surface area contributed by atoms with Gasteiger partial charge in [0, 0.05) is 53.1 Å². The van der Waals surface area contributed by atoms with Crippen molar-refractivity contribution in [1.82, 2.24) is 14.5 Å². The van der Waals surface area contributed by atoms with Crippen LogP contribution in [0.3, 0.4) is 0 Å². The van der Waals surface area contributed by atoms with Crippen molar-refractivity contribution in [3.05, 3.63) is 54.5 Å². The molecule has 0 aliphatic heterocycles. The summed E-state index contributed by atoms with van der Waals surface area (Å²) in [5.74, 6) is 0.612. The van der Waals surface area contributed by atoms with Gasteiger partial charge < -0.3 is 33.4 Å². The molecule has 3 aromatic heterocycles. The number of aryl methyl sites for hydroxylation is 2. The largest absolute Gasteiger partial charge is 0.475 e. The molecule has 0 saturated carbocycles. The lowest BCUT2D eigenvalue weighted by molar-refractivity contribution is -0.00791. The van der Waals surface area contributed by atoms with Crippen molar-refractivity contribution in [3.63, 3.8) is 0 Å². The molecule has 9 heteroatoms.